The van der Waals surface area contributed by atoms with E-state index in [4.69, 9.17) is 4.74 Å². The molecule has 1 N–H and O–H groups in total. The minimum absolute atomic E-state index is 0.0338. The average molecular weight is 511 g/mol. The van der Waals surface area contributed by atoms with Crippen molar-refractivity contribution in [2.75, 3.05) is 25.5 Å². The molecular formula is C25H30N6O4S. The predicted molar refractivity (Wildman–Crippen MR) is 137 cm³/mol. The molecule has 0 spiro atoms. The van der Waals surface area contributed by atoms with Crippen LogP contribution in [0.5, 0.6) is 0 Å². The molecule has 2 aromatic rings. The topological polar surface area (TPSA) is 128 Å². The molecule has 0 radical (unpaired) electrons. The van der Waals surface area contributed by atoms with Gasteiger partial charge in [0.05, 0.1) is 30.3 Å². The summed E-state index contributed by atoms with van der Waals surface area (Å²) in [7, 11) is 3.44. The summed E-state index contributed by atoms with van der Waals surface area (Å²) < 4.78 is 5.23. The van der Waals surface area contributed by atoms with E-state index in [1.807, 2.05) is 30.4 Å². The van der Waals surface area contributed by atoms with Crippen LogP contribution < -0.4 is 10.2 Å². The van der Waals surface area contributed by atoms with Gasteiger partial charge >= 0.3 is 5.97 Å². The molecule has 1 aliphatic heterocycles. The number of nitrogens with zero attached hydrogens (tertiary/aromatic N) is 5. The molecule has 0 bridgehead atoms. The SMILES string of the molecule is Cc1nc(N(C)C(=O)C[C@@H](CC#N)NC(=O)c2cccc(C3C=NN(C)C3)c2)sc1C(=O)OC(C)C. The van der Waals surface area contributed by atoms with Gasteiger partial charge in [0, 0.05) is 44.8 Å². The van der Waals surface area contributed by atoms with Crippen LogP contribution in [0.4, 0.5) is 5.13 Å². The lowest BCUT2D eigenvalue weighted by atomic mass is 9.98. The zero-order chi connectivity index (χ0) is 26.4. The highest BCUT2D eigenvalue weighted by Gasteiger charge is 2.25. The summed E-state index contributed by atoms with van der Waals surface area (Å²) in [4.78, 5) is 44.2. The van der Waals surface area contributed by atoms with Crippen LogP contribution in [0.3, 0.4) is 0 Å². The van der Waals surface area contributed by atoms with Crippen molar-refractivity contribution in [2.24, 2.45) is 5.10 Å². The van der Waals surface area contributed by atoms with Crippen molar-refractivity contribution in [3.63, 3.8) is 0 Å². The van der Waals surface area contributed by atoms with Crippen LogP contribution in [-0.2, 0) is 9.53 Å². The first-order valence-electron chi connectivity index (χ1n) is 11.6. The third-order valence-electron chi connectivity index (χ3n) is 5.55. The fourth-order valence-electron chi connectivity index (χ4n) is 3.67. The van der Waals surface area contributed by atoms with Gasteiger partial charge in [-0.25, -0.2) is 9.78 Å². The summed E-state index contributed by atoms with van der Waals surface area (Å²) >= 11 is 1.06. The van der Waals surface area contributed by atoms with Crippen LogP contribution in [0, 0.1) is 18.3 Å². The van der Waals surface area contributed by atoms with Gasteiger partial charge in [0.2, 0.25) is 5.91 Å². The molecule has 0 saturated carbocycles. The maximum atomic E-state index is 13.0. The van der Waals surface area contributed by atoms with Gasteiger partial charge in [-0.05, 0) is 38.5 Å². The molecule has 1 aromatic carbocycles. The van der Waals surface area contributed by atoms with Crippen molar-refractivity contribution >= 4 is 40.5 Å². The zero-order valence-electron chi connectivity index (χ0n) is 21.0. The van der Waals surface area contributed by atoms with E-state index in [0.29, 0.717) is 21.3 Å². The second-order valence-corrected chi connectivity index (χ2v) is 9.87. The summed E-state index contributed by atoms with van der Waals surface area (Å²) in [5, 5.41) is 18.5. The highest BCUT2D eigenvalue weighted by molar-refractivity contribution is 7.17. The second kappa shape index (κ2) is 11.8. The molecule has 11 heteroatoms. The molecule has 2 amide bonds. The van der Waals surface area contributed by atoms with Gasteiger partial charge in [-0.2, -0.15) is 10.4 Å². The third-order valence-corrected chi connectivity index (χ3v) is 6.76. The van der Waals surface area contributed by atoms with Crippen LogP contribution >= 0.6 is 11.3 Å². The standard InChI is InChI=1S/C25H30N6O4S/c1-15(2)35-24(34)22-16(3)28-25(36-22)31(5)21(32)12-20(9-10-26)29-23(33)18-8-6-7-17(11-18)19-13-27-30(4)14-19/h6-8,11,13,15,19-20H,9,12,14H2,1-5H3,(H,29,33)/t19?,20-/m1/s1. The monoisotopic (exact) mass is 510 g/mol. The molecule has 0 aliphatic carbocycles. The number of carbonyl (C=O) groups excluding carboxylic acids is 3. The van der Waals surface area contributed by atoms with Gasteiger partial charge in [-0.3, -0.25) is 19.5 Å². The largest absolute Gasteiger partial charge is 0.459 e. The van der Waals surface area contributed by atoms with Crippen molar-refractivity contribution in [1.29, 1.82) is 5.26 Å². The van der Waals surface area contributed by atoms with E-state index < -0.39 is 12.0 Å². The van der Waals surface area contributed by atoms with E-state index in [9.17, 15) is 19.6 Å². The van der Waals surface area contributed by atoms with E-state index in [-0.39, 0.29) is 36.7 Å². The fourth-order valence-corrected chi connectivity index (χ4v) is 4.59. The first kappa shape index (κ1) is 26.8. The van der Waals surface area contributed by atoms with Gasteiger partial charge < -0.3 is 10.1 Å². The maximum absolute atomic E-state index is 13.0. The number of carbonyl (C=O) groups is 3. The molecule has 36 heavy (non-hydrogen) atoms. The van der Waals surface area contributed by atoms with E-state index in [1.54, 1.807) is 46.0 Å². The number of amides is 2. The number of aromatic nitrogens is 1. The van der Waals surface area contributed by atoms with Crippen LogP contribution in [0.15, 0.2) is 29.4 Å². The minimum atomic E-state index is -0.688. The van der Waals surface area contributed by atoms with Gasteiger partial charge in [-0.15, -0.1) is 0 Å². The number of anilines is 1. The number of hydrazone groups is 1. The van der Waals surface area contributed by atoms with Crippen LogP contribution in [0.1, 0.15) is 63.9 Å². The number of benzene rings is 1. The van der Waals surface area contributed by atoms with Crippen molar-refractivity contribution in [1.82, 2.24) is 15.3 Å². The third kappa shape index (κ3) is 6.66. The second-order valence-electron chi connectivity index (χ2n) is 8.89. The summed E-state index contributed by atoms with van der Waals surface area (Å²) in [6.45, 7) is 5.92. The van der Waals surface area contributed by atoms with Crippen LogP contribution in [-0.4, -0.2) is 66.8 Å². The number of nitriles is 1. The Bertz CT molecular complexity index is 1200. The first-order chi connectivity index (χ1) is 17.1. The number of aryl methyl sites for hydroxylation is 1. The van der Waals surface area contributed by atoms with Gasteiger partial charge in [-0.1, -0.05) is 23.5 Å². The lowest BCUT2D eigenvalue weighted by Crippen LogP contribution is -2.39. The van der Waals surface area contributed by atoms with Gasteiger partial charge in [0.15, 0.2) is 5.13 Å². The molecule has 10 nitrogen and oxygen atoms in total. The number of hydrogen-bond acceptors (Lipinski definition) is 9. The molecule has 190 valence electrons. The molecule has 2 heterocycles. The van der Waals surface area contributed by atoms with E-state index >= 15 is 0 Å². The van der Waals surface area contributed by atoms with E-state index in [0.717, 1.165) is 23.4 Å². The summed E-state index contributed by atoms with van der Waals surface area (Å²) in [5.41, 5.74) is 1.89. The summed E-state index contributed by atoms with van der Waals surface area (Å²) in [5.74, 6) is -1.09. The Hall–Kier alpha value is -3.78. The quantitative estimate of drug-likeness (QED) is 0.513. The Morgan fingerprint density at radius 2 is 2.11 bits per heavy atom. The highest BCUT2D eigenvalue weighted by Crippen LogP contribution is 2.27. The Balaban J connectivity index is 1.67. The molecule has 1 aliphatic rings. The number of esters is 1. The fraction of sp³-hybridized carbons (Fsp3) is 0.440. The average Bonchev–Trinajstić information content (AvgIpc) is 3.44. The minimum Gasteiger partial charge on any atom is -0.459 e. The lowest BCUT2D eigenvalue weighted by Gasteiger charge is -2.20. The van der Waals surface area contributed by atoms with Crippen molar-refractivity contribution in [2.45, 2.75) is 51.7 Å². The zero-order valence-corrected chi connectivity index (χ0v) is 21.8. The lowest BCUT2D eigenvalue weighted by molar-refractivity contribution is -0.118. The maximum Gasteiger partial charge on any atom is 0.350 e. The number of hydrogen-bond donors (Lipinski definition) is 1. The molecule has 1 unspecified atom stereocenters. The van der Waals surface area contributed by atoms with Crippen molar-refractivity contribution in [3.05, 3.63) is 46.0 Å². The van der Waals surface area contributed by atoms with Crippen molar-refractivity contribution < 1.29 is 19.1 Å². The predicted octanol–water partition coefficient (Wildman–Crippen LogP) is 3.10. The number of ether oxygens (including phenoxy) is 1. The molecule has 3 rings (SSSR count). The Labute approximate surface area is 214 Å². The smallest absolute Gasteiger partial charge is 0.350 e. The number of likely N-dealkylation sites (N-methyl/N-ethyl adjacent to an activating group) is 1. The Kier molecular flexibility index (Phi) is 8.77. The van der Waals surface area contributed by atoms with Crippen LogP contribution in [0.25, 0.3) is 0 Å². The molecule has 1 aromatic heterocycles. The van der Waals surface area contributed by atoms with E-state index in [1.165, 1.54) is 4.90 Å². The molecule has 0 fully saturated rings. The molecule has 0 saturated heterocycles. The van der Waals surface area contributed by atoms with E-state index in [2.05, 4.69) is 15.4 Å². The number of thiazole rings is 1. The Morgan fingerprint density at radius 1 is 1.36 bits per heavy atom. The number of nitrogens with one attached hydrogen (secondary N) is 1. The van der Waals surface area contributed by atoms with Crippen LogP contribution in [0.2, 0.25) is 0 Å². The first-order valence-corrected chi connectivity index (χ1v) is 12.4. The molecular weight excluding hydrogens is 480 g/mol. The summed E-state index contributed by atoms with van der Waals surface area (Å²) in [6.07, 6.45) is 1.44. The van der Waals surface area contributed by atoms with Gasteiger partial charge in [0.1, 0.15) is 4.88 Å². The normalized spacial score (nSPS) is 15.5. The highest BCUT2D eigenvalue weighted by atomic mass is 32.1. The summed E-state index contributed by atoms with van der Waals surface area (Å²) in [6, 6.07) is 8.60. The molecule has 2 atom stereocenters. The number of rotatable bonds is 9. The van der Waals surface area contributed by atoms with Gasteiger partial charge in [0.25, 0.3) is 5.91 Å². The Morgan fingerprint density at radius 3 is 2.75 bits per heavy atom. The van der Waals surface area contributed by atoms with Crippen molar-refractivity contribution in [3.8, 4) is 6.07 Å².